The Balaban J connectivity index is 1.54. The second-order valence-corrected chi connectivity index (χ2v) is 7.09. The van der Waals surface area contributed by atoms with Crippen molar-refractivity contribution >= 4 is 11.7 Å². The van der Waals surface area contributed by atoms with Crippen LogP contribution in [0.15, 0.2) is 42.6 Å². The first-order valence-electron chi connectivity index (χ1n) is 8.75. The van der Waals surface area contributed by atoms with Gasteiger partial charge in [0.1, 0.15) is 0 Å². The van der Waals surface area contributed by atoms with Gasteiger partial charge in [-0.1, -0.05) is 19.1 Å². The molecule has 0 saturated carbocycles. The van der Waals surface area contributed by atoms with Crippen LogP contribution in [0.4, 0.5) is 10.5 Å². The van der Waals surface area contributed by atoms with Gasteiger partial charge in [-0.05, 0) is 61.9 Å². The van der Waals surface area contributed by atoms with Gasteiger partial charge in [-0.3, -0.25) is 4.98 Å². The minimum absolute atomic E-state index is 0.0404. The average Bonchev–Trinajstić information content (AvgIpc) is 2.57. The summed E-state index contributed by atoms with van der Waals surface area (Å²) in [4.78, 5) is 19.2. The van der Waals surface area contributed by atoms with Crippen LogP contribution in [-0.4, -0.2) is 28.0 Å². The summed E-state index contributed by atoms with van der Waals surface area (Å²) in [7, 11) is 0. The minimum atomic E-state index is 0.0404. The molecule has 0 unspecified atom stereocenters. The monoisotopic (exact) mass is 321 g/mol. The summed E-state index contributed by atoms with van der Waals surface area (Å²) in [6.45, 7) is 4.32. The number of hydrogen-bond donors (Lipinski definition) is 1. The summed E-state index contributed by atoms with van der Waals surface area (Å²) in [6, 6.07) is 12.8. The standard InChI is InChI=1S/C20H23N3O/c1-13-6-8-15(11-17(13)18-5-3-4-10-21-18)22-20(24)23-16-9-7-14(2)19(23)12-16/h3-6,8,10-11,14,16,19H,7,9,12H2,1-2H3,(H,22,24)/t14-,16-,19-/m0/s1. The van der Waals surface area contributed by atoms with Crippen molar-refractivity contribution in [3.63, 3.8) is 0 Å². The van der Waals surface area contributed by atoms with Gasteiger partial charge >= 0.3 is 6.03 Å². The molecule has 2 saturated heterocycles. The van der Waals surface area contributed by atoms with E-state index in [0.29, 0.717) is 18.0 Å². The summed E-state index contributed by atoms with van der Waals surface area (Å²) >= 11 is 0. The number of carbonyl (C=O) groups is 1. The highest BCUT2D eigenvalue weighted by molar-refractivity contribution is 5.91. The lowest BCUT2D eigenvalue weighted by Gasteiger charge is -2.55. The van der Waals surface area contributed by atoms with E-state index >= 15 is 0 Å². The number of benzene rings is 1. The van der Waals surface area contributed by atoms with Crippen molar-refractivity contribution in [2.75, 3.05) is 5.32 Å². The summed E-state index contributed by atoms with van der Waals surface area (Å²) in [5, 5.41) is 3.09. The molecule has 2 amide bonds. The van der Waals surface area contributed by atoms with Gasteiger partial charge in [0.2, 0.25) is 0 Å². The van der Waals surface area contributed by atoms with Gasteiger partial charge in [-0.15, -0.1) is 0 Å². The molecule has 1 N–H and O–H groups in total. The Labute approximate surface area is 142 Å². The molecule has 2 aliphatic rings. The zero-order valence-corrected chi connectivity index (χ0v) is 14.2. The number of rotatable bonds is 2. The number of nitrogens with one attached hydrogen (secondary N) is 1. The van der Waals surface area contributed by atoms with E-state index in [2.05, 4.69) is 29.0 Å². The molecule has 3 heterocycles. The molecule has 4 heteroatoms. The minimum Gasteiger partial charge on any atom is -0.318 e. The maximum atomic E-state index is 12.7. The molecule has 2 aliphatic heterocycles. The highest BCUT2D eigenvalue weighted by Crippen LogP contribution is 2.42. The molecule has 124 valence electrons. The molecule has 0 spiro atoms. The van der Waals surface area contributed by atoms with Crippen LogP contribution in [0.5, 0.6) is 0 Å². The lowest BCUT2D eigenvalue weighted by Crippen LogP contribution is -2.64. The molecule has 4 nitrogen and oxygen atoms in total. The molecule has 24 heavy (non-hydrogen) atoms. The number of hydrogen-bond acceptors (Lipinski definition) is 2. The molecule has 0 radical (unpaired) electrons. The van der Waals surface area contributed by atoms with Crippen LogP contribution in [0.3, 0.4) is 0 Å². The van der Waals surface area contributed by atoms with Crippen molar-refractivity contribution in [3.8, 4) is 11.3 Å². The number of carbonyl (C=O) groups excluding carboxylic acids is 1. The van der Waals surface area contributed by atoms with Crippen LogP contribution < -0.4 is 5.32 Å². The zero-order valence-electron chi connectivity index (χ0n) is 14.2. The number of anilines is 1. The third-order valence-electron chi connectivity index (χ3n) is 5.54. The second kappa shape index (κ2) is 5.93. The average molecular weight is 321 g/mol. The predicted octanol–water partition coefficient (Wildman–Crippen LogP) is 4.46. The van der Waals surface area contributed by atoms with Gasteiger partial charge in [-0.2, -0.15) is 0 Å². The molecule has 2 bridgehead atoms. The van der Waals surface area contributed by atoms with Gasteiger partial charge in [0.25, 0.3) is 0 Å². The normalized spacial score (nSPS) is 25.1. The van der Waals surface area contributed by atoms with Crippen LogP contribution in [0.1, 0.15) is 31.7 Å². The Morgan fingerprint density at radius 3 is 2.83 bits per heavy atom. The Morgan fingerprint density at radius 2 is 2.12 bits per heavy atom. The first-order chi connectivity index (χ1) is 11.6. The van der Waals surface area contributed by atoms with E-state index in [1.807, 2.05) is 36.4 Å². The SMILES string of the molecule is Cc1ccc(NC(=O)N2[C@H]3CC[C@H](C)[C@@H]2C3)cc1-c1ccccn1. The van der Waals surface area contributed by atoms with Gasteiger partial charge in [0.15, 0.2) is 0 Å². The Bertz CT molecular complexity index is 757. The number of fused-ring (bicyclic) bond motifs is 2. The fourth-order valence-corrected chi connectivity index (χ4v) is 4.05. The van der Waals surface area contributed by atoms with Crippen molar-refractivity contribution in [2.24, 2.45) is 5.92 Å². The second-order valence-electron chi connectivity index (χ2n) is 7.09. The van der Waals surface area contributed by atoms with Crippen molar-refractivity contribution in [3.05, 3.63) is 48.2 Å². The van der Waals surface area contributed by atoms with Crippen LogP contribution in [-0.2, 0) is 0 Å². The fourth-order valence-electron chi connectivity index (χ4n) is 4.05. The molecular formula is C20H23N3O. The molecule has 4 rings (SSSR count). The number of aryl methyl sites for hydroxylation is 1. The number of nitrogens with zero attached hydrogens (tertiary/aromatic N) is 2. The summed E-state index contributed by atoms with van der Waals surface area (Å²) < 4.78 is 0. The van der Waals surface area contributed by atoms with Crippen LogP contribution in [0.25, 0.3) is 11.3 Å². The van der Waals surface area contributed by atoms with Crippen LogP contribution in [0.2, 0.25) is 0 Å². The predicted molar refractivity (Wildman–Crippen MR) is 95.9 cm³/mol. The molecule has 2 fully saturated rings. The largest absolute Gasteiger partial charge is 0.322 e. The summed E-state index contributed by atoms with van der Waals surface area (Å²) in [5.41, 5.74) is 3.98. The first-order valence-corrected chi connectivity index (χ1v) is 8.75. The molecular weight excluding hydrogens is 298 g/mol. The number of aromatic nitrogens is 1. The smallest absolute Gasteiger partial charge is 0.318 e. The van der Waals surface area contributed by atoms with E-state index in [0.717, 1.165) is 28.9 Å². The Kier molecular flexibility index (Phi) is 3.75. The van der Waals surface area contributed by atoms with Gasteiger partial charge in [0, 0.05) is 29.5 Å². The molecule has 2 aromatic rings. The van der Waals surface area contributed by atoms with Gasteiger partial charge < -0.3 is 10.2 Å². The summed E-state index contributed by atoms with van der Waals surface area (Å²) in [6.07, 6.45) is 5.34. The third-order valence-corrected chi connectivity index (χ3v) is 5.54. The lowest BCUT2D eigenvalue weighted by molar-refractivity contribution is -0.0178. The Hall–Kier alpha value is -2.36. The maximum Gasteiger partial charge on any atom is 0.322 e. The van der Waals surface area contributed by atoms with Gasteiger partial charge in [0.05, 0.1) is 5.69 Å². The van der Waals surface area contributed by atoms with Crippen molar-refractivity contribution in [2.45, 2.75) is 45.2 Å². The van der Waals surface area contributed by atoms with E-state index in [9.17, 15) is 4.79 Å². The van der Waals surface area contributed by atoms with E-state index in [-0.39, 0.29) is 6.03 Å². The molecule has 1 aromatic carbocycles. The number of amides is 2. The van der Waals surface area contributed by atoms with Gasteiger partial charge in [-0.25, -0.2) is 4.79 Å². The van der Waals surface area contributed by atoms with E-state index in [1.165, 1.54) is 12.8 Å². The van der Waals surface area contributed by atoms with E-state index < -0.39 is 0 Å². The number of urea groups is 1. The summed E-state index contributed by atoms with van der Waals surface area (Å²) in [5.74, 6) is 0.614. The van der Waals surface area contributed by atoms with Crippen molar-refractivity contribution in [1.82, 2.24) is 9.88 Å². The van der Waals surface area contributed by atoms with E-state index in [4.69, 9.17) is 0 Å². The van der Waals surface area contributed by atoms with Crippen molar-refractivity contribution in [1.29, 1.82) is 0 Å². The number of pyridine rings is 1. The quantitative estimate of drug-likeness (QED) is 0.887. The molecule has 3 atom stereocenters. The first kappa shape index (κ1) is 15.2. The highest BCUT2D eigenvalue weighted by Gasteiger charge is 2.47. The zero-order chi connectivity index (χ0) is 16.7. The van der Waals surface area contributed by atoms with Crippen LogP contribution >= 0.6 is 0 Å². The lowest BCUT2D eigenvalue weighted by atomic mass is 9.73. The maximum absolute atomic E-state index is 12.7. The topological polar surface area (TPSA) is 45.2 Å². The van der Waals surface area contributed by atoms with Crippen molar-refractivity contribution < 1.29 is 4.79 Å². The molecule has 0 aliphatic carbocycles. The van der Waals surface area contributed by atoms with Crippen LogP contribution in [0, 0.1) is 12.8 Å². The fraction of sp³-hybridized carbons (Fsp3) is 0.400. The highest BCUT2D eigenvalue weighted by atomic mass is 16.2. The third kappa shape index (κ3) is 2.56. The van der Waals surface area contributed by atoms with E-state index in [1.54, 1.807) is 6.20 Å². The molecule has 1 aromatic heterocycles. The Morgan fingerprint density at radius 1 is 1.25 bits per heavy atom. The number of piperidine rings is 1.